The number of thioether (sulfide) groups is 1. The third kappa shape index (κ3) is 4.90. The normalized spacial score (nSPS) is 17.0. The van der Waals surface area contributed by atoms with Crippen molar-refractivity contribution in [3.05, 3.63) is 64.0 Å². The fraction of sp³-hybridized carbons (Fsp3) is 0.105. The number of benzene rings is 2. The largest absolute Gasteiger partial charge is 0.482 e. The summed E-state index contributed by atoms with van der Waals surface area (Å²) < 4.78 is 5.09. The van der Waals surface area contributed by atoms with Crippen molar-refractivity contribution in [2.75, 3.05) is 13.7 Å². The molecule has 6 nitrogen and oxygen atoms in total. The standard InChI is InChI=1S/C19H15ClN2O4S/c1-22-18(25)16(27-19(22)21-14-6-4-13(20)5-7-14)10-12-2-8-15(9-3-12)26-11-17(23)24/h2-10H,11H2,1H3,(H,23,24). The number of aliphatic imine (C=N–C) groups is 1. The number of halogens is 1. The highest BCUT2D eigenvalue weighted by molar-refractivity contribution is 8.18. The Balaban J connectivity index is 1.75. The van der Waals surface area contributed by atoms with E-state index in [-0.39, 0.29) is 5.91 Å². The van der Waals surface area contributed by atoms with Gasteiger partial charge < -0.3 is 9.84 Å². The topological polar surface area (TPSA) is 79.2 Å². The molecule has 1 fully saturated rings. The molecule has 2 aromatic rings. The van der Waals surface area contributed by atoms with E-state index in [0.717, 1.165) is 5.56 Å². The zero-order valence-corrected chi connectivity index (χ0v) is 15.8. The number of carbonyl (C=O) groups excluding carboxylic acids is 1. The summed E-state index contributed by atoms with van der Waals surface area (Å²) in [6.07, 6.45) is 1.76. The molecule has 0 aliphatic carbocycles. The van der Waals surface area contributed by atoms with Gasteiger partial charge >= 0.3 is 5.97 Å². The van der Waals surface area contributed by atoms with Gasteiger partial charge in [-0.05, 0) is 59.8 Å². The summed E-state index contributed by atoms with van der Waals surface area (Å²) in [7, 11) is 1.67. The number of aliphatic carboxylic acids is 1. The van der Waals surface area contributed by atoms with Crippen molar-refractivity contribution >= 4 is 52.2 Å². The molecule has 0 aromatic heterocycles. The molecule has 0 radical (unpaired) electrons. The quantitative estimate of drug-likeness (QED) is 0.763. The van der Waals surface area contributed by atoms with Crippen molar-refractivity contribution in [3.63, 3.8) is 0 Å². The van der Waals surface area contributed by atoms with Gasteiger partial charge in [0, 0.05) is 12.1 Å². The molecule has 1 aliphatic heterocycles. The summed E-state index contributed by atoms with van der Waals surface area (Å²) >= 11 is 7.16. The van der Waals surface area contributed by atoms with Gasteiger partial charge in [0.1, 0.15) is 5.75 Å². The van der Waals surface area contributed by atoms with E-state index in [4.69, 9.17) is 21.4 Å². The maximum Gasteiger partial charge on any atom is 0.341 e. The molecule has 1 amide bonds. The van der Waals surface area contributed by atoms with Crippen LogP contribution in [0.3, 0.4) is 0 Å². The second kappa shape index (κ2) is 8.28. The van der Waals surface area contributed by atoms with Crippen LogP contribution in [0.5, 0.6) is 5.75 Å². The van der Waals surface area contributed by atoms with E-state index in [2.05, 4.69) is 4.99 Å². The van der Waals surface area contributed by atoms with Gasteiger partial charge in [-0.15, -0.1) is 0 Å². The molecule has 0 atom stereocenters. The van der Waals surface area contributed by atoms with Crippen molar-refractivity contribution in [3.8, 4) is 5.75 Å². The van der Waals surface area contributed by atoms with Crippen LogP contribution >= 0.6 is 23.4 Å². The van der Waals surface area contributed by atoms with E-state index in [1.54, 1.807) is 61.7 Å². The molecule has 0 spiro atoms. The molecule has 2 aromatic carbocycles. The smallest absolute Gasteiger partial charge is 0.341 e. The third-order valence-electron chi connectivity index (χ3n) is 3.60. The molecule has 1 N–H and O–H groups in total. The number of amidine groups is 1. The van der Waals surface area contributed by atoms with Gasteiger partial charge in [0.25, 0.3) is 5.91 Å². The van der Waals surface area contributed by atoms with Crippen molar-refractivity contribution in [2.24, 2.45) is 4.99 Å². The molecule has 8 heteroatoms. The number of hydrogen-bond donors (Lipinski definition) is 1. The number of carboxylic acids is 1. The Morgan fingerprint density at radius 1 is 1.22 bits per heavy atom. The van der Waals surface area contributed by atoms with Crippen LogP contribution in [0, 0.1) is 0 Å². The lowest BCUT2D eigenvalue weighted by Gasteiger charge is -2.07. The minimum absolute atomic E-state index is 0.140. The number of rotatable bonds is 5. The second-order valence-electron chi connectivity index (χ2n) is 5.60. The van der Waals surface area contributed by atoms with Crippen molar-refractivity contribution in [1.29, 1.82) is 0 Å². The van der Waals surface area contributed by atoms with Gasteiger partial charge in [-0.25, -0.2) is 9.79 Å². The van der Waals surface area contributed by atoms with Crippen LogP contribution in [-0.2, 0) is 9.59 Å². The number of carbonyl (C=O) groups is 2. The average molecular weight is 403 g/mol. The predicted octanol–water partition coefficient (Wildman–Crippen LogP) is 4.04. The zero-order valence-electron chi connectivity index (χ0n) is 14.3. The minimum atomic E-state index is -1.04. The molecule has 3 rings (SSSR count). The summed E-state index contributed by atoms with van der Waals surface area (Å²) in [6, 6.07) is 13.9. The zero-order chi connectivity index (χ0) is 19.4. The maximum absolute atomic E-state index is 12.5. The predicted molar refractivity (Wildman–Crippen MR) is 106 cm³/mol. The van der Waals surface area contributed by atoms with Crippen LogP contribution < -0.4 is 4.74 Å². The van der Waals surface area contributed by atoms with Crippen LogP contribution in [0.2, 0.25) is 5.02 Å². The number of carboxylic acid groups (broad SMARTS) is 1. The summed E-state index contributed by atoms with van der Waals surface area (Å²) in [4.78, 5) is 29.5. The highest BCUT2D eigenvalue weighted by Gasteiger charge is 2.30. The Hall–Kier alpha value is -2.77. The molecule has 1 saturated heterocycles. The molecule has 1 aliphatic rings. The van der Waals surface area contributed by atoms with Crippen molar-refractivity contribution < 1.29 is 19.4 Å². The lowest BCUT2D eigenvalue weighted by atomic mass is 10.2. The van der Waals surface area contributed by atoms with Crippen LogP contribution in [0.1, 0.15) is 5.56 Å². The molecule has 0 saturated carbocycles. The maximum atomic E-state index is 12.5. The first-order valence-corrected chi connectivity index (χ1v) is 9.08. The number of amides is 1. The first-order chi connectivity index (χ1) is 12.9. The average Bonchev–Trinajstić information content (AvgIpc) is 2.91. The third-order valence-corrected chi connectivity index (χ3v) is 4.91. The monoisotopic (exact) mass is 402 g/mol. The van der Waals surface area contributed by atoms with E-state index >= 15 is 0 Å². The molecule has 138 valence electrons. The second-order valence-corrected chi connectivity index (χ2v) is 7.04. The molecule has 1 heterocycles. The van der Waals surface area contributed by atoms with Gasteiger partial charge in [-0.3, -0.25) is 9.69 Å². The fourth-order valence-corrected chi connectivity index (χ4v) is 3.35. The van der Waals surface area contributed by atoms with Gasteiger partial charge in [-0.1, -0.05) is 23.7 Å². The lowest BCUT2D eigenvalue weighted by molar-refractivity contribution is -0.139. The molecule has 27 heavy (non-hydrogen) atoms. The number of ether oxygens (including phenoxy) is 1. The lowest BCUT2D eigenvalue weighted by Crippen LogP contribution is -2.23. The van der Waals surface area contributed by atoms with E-state index in [0.29, 0.717) is 26.5 Å². The summed E-state index contributed by atoms with van der Waals surface area (Å²) in [6.45, 7) is -0.399. The highest BCUT2D eigenvalue weighted by atomic mass is 35.5. The van der Waals surface area contributed by atoms with Gasteiger partial charge in [0.05, 0.1) is 10.6 Å². The van der Waals surface area contributed by atoms with Gasteiger partial charge in [0.2, 0.25) is 0 Å². The molecule has 0 unspecified atom stereocenters. The molecular weight excluding hydrogens is 388 g/mol. The number of nitrogens with zero attached hydrogens (tertiary/aromatic N) is 2. The summed E-state index contributed by atoms with van der Waals surface area (Å²) in [5.74, 6) is -0.726. The van der Waals surface area contributed by atoms with E-state index in [1.165, 1.54) is 16.7 Å². The van der Waals surface area contributed by atoms with Gasteiger partial charge in [0.15, 0.2) is 11.8 Å². The van der Waals surface area contributed by atoms with E-state index < -0.39 is 12.6 Å². The first-order valence-electron chi connectivity index (χ1n) is 7.89. The number of hydrogen-bond acceptors (Lipinski definition) is 5. The van der Waals surface area contributed by atoms with Crippen LogP contribution in [0.25, 0.3) is 6.08 Å². The fourth-order valence-electron chi connectivity index (χ4n) is 2.23. The van der Waals surface area contributed by atoms with E-state index in [9.17, 15) is 9.59 Å². The first kappa shape index (κ1) is 19.0. The van der Waals surface area contributed by atoms with Crippen LogP contribution in [0.4, 0.5) is 5.69 Å². The van der Waals surface area contributed by atoms with Crippen LogP contribution in [0.15, 0.2) is 58.4 Å². The van der Waals surface area contributed by atoms with E-state index in [1.807, 2.05) is 0 Å². The Labute approximate surface area is 165 Å². The Kier molecular flexibility index (Phi) is 5.83. The van der Waals surface area contributed by atoms with Crippen molar-refractivity contribution in [1.82, 2.24) is 4.90 Å². The molecule has 0 bridgehead atoms. The Bertz CT molecular complexity index is 924. The Morgan fingerprint density at radius 3 is 2.52 bits per heavy atom. The summed E-state index contributed by atoms with van der Waals surface area (Å²) in [5.41, 5.74) is 1.51. The SMILES string of the molecule is CN1C(=O)C(=Cc2ccc(OCC(=O)O)cc2)SC1=Nc1ccc(Cl)cc1. The number of likely N-dealkylation sites (N-methyl/N-ethyl adjacent to an activating group) is 1. The Morgan fingerprint density at radius 2 is 1.89 bits per heavy atom. The van der Waals surface area contributed by atoms with Gasteiger partial charge in [-0.2, -0.15) is 0 Å². The van der Waals surface area contributed by atoms with Crippen LogP contribution in [-0.4, -0.2) is 40.7 Å². The van der Waals surface area contributed by atoms with Crippen molar-refractivity contribution in [2.45, 2.75) is 0 Å². The highest BCUT2D eigenvalue weighted by Crippen LogP contribution is 2.33. The summed E-state index contributed by atoms with van der Waals surface area (Å²) in [5, 5.41) is 9.82. The molecular formula is C19H15ClN2O4S. The minimum Gasteiger partial charge on any atom is -0.482 e.